The van der Waals surface area contributed by atoms with Crippen LogP contribution in [-0.4, -0.2) is 43.8 Å². The van der Waals surface area contributed by atoms with Crippen molar-refractivity contribution in [2.24, 2.45) is 23.2 Å². The Morgan fingerprint density at radius 3 is 2.56 bits per heavy atom. The number of carbonyl (C=O) groups is 2. The summed E-state index contributed by atoms with van der Waals surface area (Å²) in [5.41, 5.74) is 1.71. The van der Waals surface area contributed by atoms with Crippen LogP contribution in [0.3, 0.4) is 0 Å². The van der Waals surface area contributed by atoms with Crippen molar-refractivity contribution in [2.45, 2.75) is 52.3 Å². The smallest absolute Gasteiger partial charge is 0.392 e. The molecule has 4 rings (SSSR count). The number of fused-ring (bicyclic) bond motifs is 3. The third-order valence-electron chi connectivity index (χ3n) is 7.86. The highest BCUT2D eigenvalue weighted by Crippen LogP contribution is 2.58. The van der Waals surface area contributed by atoms with E-state index in [1.807, 2.05) is 19.1 Å². The topological polar surface area (TPSA) is 65.1 Å². The molecule has 1 amide bonds. The van der Waals surface area contributed by atoms with Crippen LogP contribution < -0.4 is 9.47 Å². The summed E-state index contributed by atoms with van der Waals surface area (Å²) in [6, 6.07) is 5.38. The predicted molar refractivity (Wildman–Crippen MR) is 126 cm³/mol. The van der Waals surface area contributed by atoms with Crippen LogP contribution in [0.5, 0.6) is 11.5 Å². The molecule has 3 aliphatic rings. The highest BCUT2D eigenvalue weighted by Gasteiger charge is 2.57. The molecule has 0 radical (unpaired) electrons. The second kappa shape index (κ2) is 9.82. The van der Waals surface area contributed by atoms with Gasteiger partial charge in [0.05, 0.1) is 39.2 Å². The standard InChI is InChI=1S/C27H32F3NO5/c1-5-36-25(33)24-18-8-11-22-26(2,19(18)9-10-20(24)27(28,29)30)13-12-23(32)31(22)15-16-6-7-17(34-3)14-21(16)35-4/h6-7,9,11,14,18,20,24H,5,8,10,12-13,15H2,1-4H3/t18?,20?,24?,26-/m1/s1. The van der Waals surface area contributed by atoms with Gasteiger partial charge in [0, 0.05) is 29.2 Å². The summed E-state index contributed by atoms with van der Waals surface area (Å²) in [5.74, 6) is -3.35. The molecule has 1 saturated heterocycles. The summed E-state index contributed by atoms with van der Waals surface area (Å²) in [5, 5.41) is 0. The lowest BCUT2D eigenvalue weighted by Gasteiger charge is -2.52. The first-order valence-electron chi connectivity index (χ1n) is 12.2. The average Bonchev–Trinajstić information content (AvgIpc) is 2.85. The van der Waals surface area contributed by atoms with Gasteiger partial charge in [-0.05, 0) is 44.2 Å². The van der Waals surface area contributed by atoms with Crippen molar-refractivity contribution < 1.29 is 37.0 Å². The van der Waals surface area contributed by atoms with Gasteiger partial charge in [0.2, 0.25) is 5.91 Å². The molecule has 3 unspecified atom stereocenters. The predicted octanol–water partition coefficient (Wildman–Crippen LogP) is 5.42. The van der Waals surface area contributed by atoms with Crippen LogP contribution in [0.25, 0.3) is 0 Å². The van der Waals surface area contributed by atoms with Gasteiger partial charge in [-0.3, -0.25) is 9.59 Å². The van der Waals surface area contributed by atoms with Crippen LogP contribution in [0.15, 0.2) is 41.6 Å². The third kappa shape index (κ3) is 4.48. The van der Waals surface area contributed by atoms with Gasteiger partial charge < -0.3 is 19.1 Å². The minimum Gasteiger partial charge on any atom is -0.497 e. The molecule has 0 aromatic heterocycles. The molecular weight excluding hydrogens is 475 g/mol. The number of allylic oxidation sites excluding steroid dienone is 3. The van der Waals surface area contributed by atoms with Crippen molar-refractivity contribution in [1.82, 2.24) is 4.90 Å². The van der Waals surface area contributed by atoms with E-state index in [1.54, 1.807) is 44.3 Å². The van der Waals surface area contributed by atoms with Crippen LogP contribution in [0.1, 0.15) is 45.1 Å². The fourth-order valence-corrected chi connectivity index (χ4v) is 6.08. The molecule has 0 bridgehead atoms. The molecule has 36 heavy (non-hydrogen) atoms. The van der Waals surface area contributed by atoms with Crippen molar-refractivity contribution >= 4 is 11.9 Å². The molecule has 9 heteroatoms. The number of rotatable bonds is 6. The van der Waals surface area contributed by atoms with Gasteiger partial charge in [-0.15, -0.1) is 0 Å². The van der Waals surface area contributed by atoms with Crippen LogP contribution >= 0.6 is 0 Å². The Kier molecular flexibility index (Phi) is 7.12. The van der Waals surface area contributed by atoms with E-state index in [4.69, 9.17) is 14.2 Å². The zero-order valence-electron chi connectivity index (χ0n) is 21.0. The van der Waals surface area contributed by atoms with Crippen LogP contribution in [0.4, 0.5) is 13.2 Å². The van der Waals surface area contributed by atoms with E-state index in [9.17, 15) is 22.8 Å². The Morgan fingerprint density at radius 1 is 1.17 bits per heavy atom. The largest absolute Gasteiger partial charge is 0.497 e. The van der Waals surface area contributed by atoms with E-state index in [2.05, 4.69) is 0 Å². The highest BCUT2D eigenvalue weighted by atomic mass is 19.4. The number of likely N-dealkylation sites (tertiary alicyclic amines) is 1. The fraction of sp³-hybridized carbons (Fsp3) is 0.556. The molecule has 2 aliphatic carbocycles. The monoisotopic (exact) mass is 507 g/mol. The number of piperidine rings is 1. The first kappa shape index (κ1) is 26.1. The maximum absolute atomic E-state index is 13.9. The lowest BCUT2D eigenvalue weighted by Crippen LogP contribution is -2.51. The first-order chi connectivity index (χ1) is 17.0. The van der Waals surface area contributed by atoms with Gasteiger partial charge in [0.15, 0.2) is 0 Å². The number of benzene rings is 1. The molecule has 1 heterocycles. The minimum absolute atomic E-state index is 0.0238. The van der Waals surface area contributed by atoms with Crippen molar-refractivity contribution in [2.75, 3.05) is 20.8 Å². The number of nitrogens with zero attached hydrogens (tertiary/aromatic N) is 1. The normalized spacial score (nSPS) is 27.9. The number of alkyl halides is 3. The Morgan fingerprint density at radius 2 is 1.92 bits per heavy atom. The minimum atomic E-state index is -4.51. The number of carbonyl (C=O) groups excluding carboxylic acids is 2. The molecular formula is C27H32F3NO5. The number of hydrogen-bond acceptors (Lipinski definition) is 5. The number of hydrogen-bond donors (Lipinski definition) is 0. The second-order valence-electron chi connectivity index (χ2n) is 9.74. The average molecular weight is 508 g/mol. The summed E-state index contributed by atoms with van der Waals surface area (Å²) in [4.78, 5) is 27.6. The van der Waals surface area contributed by atoms with Crippen LogP contribution in [0, 0.1) is 23.2 Å². The number of esters is 1. The van der Waals surface area contributed by atoms with Crippen LogP contribution in [-0.2, 0) is 20.9 Å². The highest BCUT2D eigenvalue weighted by molar-refractivity contribution is 5.81. The fourth-order valence-electron chi connectivity index (χ4n) is 6.08. The Labute approximate surface area is 209 Å². The maximum Gasteiger partial charge on any atom is 0.392 e. The number of halogens is 3. The van der Waals surface area contributed by atoms with Gasteiger partial charge in [-0.25, -0.2) is 0 Å². The van der Waals surface area contributed by atoms with E-state index >= 15 is 0 Å². The Bertz CT molecular complexity index is 1100. The first-order valence-corrected chi connectivity index (χ1v) is 12.2. The van der Waals surface area contributed by atoms with E-state index < -0.39 is 35.3 Å². The van der Waals surface area contributed by atoms with E-state index in [-0.39, 0.29) is 38.3 Å². The molecule has 6 nitrogen and oxygen atoms in total. The molecule has 1 fully saturated rings. The van der Waals surface area contributed by atoms with E-state index in [1.165, 1.54) is 0 Å². The van der Waals surface area contributed by atoms with Gasteiger partial charge >= 0.3 is 12.1 Å². The van der Waals surface area contributed by atoms with Gasteiger partial charge in [0.1, 0.15) is 11.5 Å². The van der Waals surface area contributed by atoms with Crippen LogP contribution in [0.2, 0.25) is 0 Å². The molecule has 1 aliphatic heterocycles. The third-order valence-corrected chi connectivity index (χ3v) is 7.86. The Hall–Kier alpha value is -2.97. The zero-order chi connectivity index (χ0) is 26.3. The quantitative estimate of drug-likeness (QED) is 0.380. The number of methoxy groups -OCH3 is 2. The van der Waals surface area contributed by atoms with E-state index in [0.717, 1.165) is 16.8 Å². The molecule has 1 aromatic carbocycles. The maximum atomic E-state index is 13.9. The summed E-state index contributed by atoms with van der Waals surface area (Å²) >= 11 is 0. The van der Waals surface area contributed by atoms with Gasteiger partial charge in [-0.2, -0.15) is 13.2 Å². The number of amides is 1. The molecule has 0 N–H and O–H groups in total. The molecule has 0 spiro atoms. The van der Waals surface area contributed by atoms with Gasteiger partial charge in [0.25, 0.3) is 0 Å². The molecule has 0 saturated carbocycles. The van der Waals surface area contributed by atoms with Crippen molar-refractivity contribution in [1.29, 1.82) is 0 Å². The summed E-state index contributed by atoms with van der Waals surface area (Å²) in [6.07, 6.45) is -0.318. The van der Waals surface area contributed by atoms with Crippen molar-refractivity contribution in [3.8, 4) is 11.5 Å². The lowest BCUT2D eigenvalue weighted by atomic mass is 9.57. The molecule has 1 aromatic rings. The van der Waals surface area contributed by atoms with Crippen molar-refractivity contribution in [3.05, 3.63) is 47.2 Å². The molecule has 4 atom stereocenters. The number of ether oxygens (including phenoxy) is 3. The second-order valence-corrected chi connectivity index (χ2v) is 9.74. The molecule has 196 valence electrons. The van der Waals surface area contributed by atoms with E-state index in [0.29, 0.717) is 17.9 Å². The van der Waals surface area contributed by atoms with Gasteiger partial charge in [-0.1, -0.05) is 24.6 Å². The summed E-state index contributed by atoms with van der Waals surface area (Å²) in [6.45, 7) is 3.85. The Balaban J connectivity index is 1.72. The SMILES string of the molecule is CCOC(=O)C1C2CC=C3N(Cc4ccc(OC)cc4OC)C(=O)CC[C@]3(C)C2=CCC1C(F)(F)F. The summed E-state index contributed by atoms with van der Waals surface area (Å²) < 4.78 is 57.7. The zero-order valence-corrected chi connectivity index (χ0v) is 21.0. The lowest BCUT2D eigenvalue weighted by molar-refractivity contribution is -0.204. The summed E-state index contributed by atoms with van der Waals surface area (Å²) in [7, 11) is 3.10. The van der Waals surface area contributed by atoms with Crippen molar-refractivity contribution in [3.63, 3.8) is 0 Å².